The van der Waals surface area contributed by atoms with Gasteiger partial charge in [0.15, 0.2) is 5.78 Å². The van der Waals surface area contributed by atoms with Crippen LogP contribution in [0.5, 0.6) is 0 Å². The normalized spacial score (nSPS) is 16.8. The van der Waals surface area contributed by atoms with Gasteiger partial charge in [0.2, 0.25) is 10.0 Å². The number of sulfonamides is 1. The zero-order valence-corrected chi connectivity index (χ0v) is 17.4. The Bertz CT molecular complexity index is 969. The van der Waals surface area contributed by atoms with Gasteiger partial charge >= 0.3 is 0 Å². The van der Waals surface area contributed by atoms with Crippen LogP contribution in [-0.2, 0) is 16.4 Å². The second-order valence-corrected chi connectivity index (χ2v) is 8.93. The molecule has 28 heavy (non-hydrogen) atoms. The molecule has 6 nitrogen and oxygen atoms in total. The molecule has 0 spiro atoms. The smallest absolute Gasteiger partial charge is 0.243 e. The molecule has 2 aromatic carbocycles. The van der Waals surface area contributed by atoms with Gasteiger partial charge in [-0.25, -0.2) is 8.42 Å². The Morgan fingerprint density at radius 3 is 2.32 bits per heavy atom. The van der Waals surface area contributed by atoms with E-state index in [0.29, 0.717) is 36.6 Å². The number of nitrogens with one attached hydrogen (secondary N) is 1. The van der Waals surface area contributed by atoms with Gasteiger partial charge in [0, 0.05) is 49.7 Å². The van der Waals surface area contributed by atoms with Crippen LogP contribution in [0.1, 0.15) is 22.8 Å². The Balaban J connectivity index is 0.00000225. The SMILES string of the molecule is CC(=O)c1ccc(N2CCN(S(=O)(=O)c3ccc4c(c3)CCN4)CC2)cc1.Cl. The van der Waals surface area contributed by atoms with Gasteiger partial charge in [-0.15, -0.1) is 12.4 Å². The topological polar surface area (TPSA) is 69.7 Å². The molecule has 1 fully saturated rings. The van der Waals surface area contributed by atoms with Crippen molar-refractivity contribution in [1.29, 1.82) is 0 Å². The summed E-state index contributed by atoms with van der Waals surface area (Å²) in [5.41, 5.74) is 3.81. The summed E-state index contributed by atoms with van der Waals surface area (Å²) in [5, 5.41) is 3.26. The van der Waals surface area contributed by atoms with Crippen LogP contribution in [0, 0.1) is 0 Å². The fraction of sp³-hybridized carbons (Fsp3) is 0.350. The molecule has 2 aromatic rings. The Morgan fingerprint density at radius 2 is 1.68 bits per heavy atom. The lowest BCUT2D eigenvalue weighted by Gasteiger charge is -2.35. The summed E-state index contributed by atoms with van der Waals surface area (Å²) in [6, 6.07) is 12.8. The van der Waals surface area contributed by atoms with Gasteiger partial charge in [-0.05, 0) is 61.4 Å². The molecule has 2 aliphatic rings. The maximum Gasteiger partial charge on any atom is 0.243 e. The molecule has 0 aromatic heterocycles. The first-order valence-electron chi connectivity index (χ1n) is 9.18. The molecule has 0 bridgehead atoms. The molecule has 0 amide bonds. The Kier molecular flexibility index (Phi) is 5.98. The lowest BCUT2D eigenvalue weighted by atomic mass is 10.1. The first-order chi connectivity index (χ1) is 12.9. The molecule has 150 valence electrons. The minimum absolute atomic E-state index is 0. The van der Waals surface area contributed by atoms with Crippen molar-refractivity contribution in [2.75, 3.05) is 42.9 Å². The van der Waals surface area contributed by atoms with Crippen molar-refractivity contribution in [3.63, 3.8) is 0 Å². The van der Waals surface area contributed by atoms with Crippen LogP contribution in [0.15, 0.2) is 47.4 Å². The highest BCUT2D eigenvalue weighted by Crippen LogP contribution is 2.27. The standard InChI is InChI=1S/C20H23N3O3S.ClH/c1-15(24)16-2-4-18(5-3-16)22-10-12-23(13-11-22)27(25,26)19-6-7-20-17(14-19)8-9-21-20;/h2-7,14,21H,8-13H2,1H3;1H. The zero-order chi connectivity index (χ0) is 19.0. The lowest BCUT2D eigenvalue weighted by Crippen LogP contribution is -2.48. The molecule has 0 radical (unpaired) electrons. The number of Topliss-reactive ketones (excluding diaryl/α,β-unsaturated/α-hetero) is 1. The second kappa shape index (κ2) is 8.11. The molecular weight excluding hydrogens is 398 g/mol. The summed E-state index contributed by atoms with van der Waals surface area (Å²) in [6.07, 6.45) is 0.864. The summed E-state index contributed by atoms with van der Waals surface area (Å²) in [5.74, 6) is 0.0435. The number of halogens is 1. The van der Waals surface area contributed by atoms with Crippen LogP contribution < -0.4 is 10.2 Å². The Labute approximate surface area is 172 Å². The van der Waals surface area contributed by atoms with Gasteiger partial charge in [-0.2, -0.15) is 4.31 Å². The van der Waals surface area contributed by atoms with Crippen LogP contribution in [0.4, 0.5) is 11.4 Å². The van der Waals surface area contributed by atoms with E-state index in [-0.39, 0.29) is 18.2 Å². The van der Waals surface area contributed by atoms with Gasteiger partial charge in [0.05, 0.1) is 4.90 Å². The number of rotatable bonds is 4. The number of anilines is 2. The molecule has 4 rings (SSSR count). The molecule has 2 heterocycles. The quantitative estimate of drug-likeness (QED) is 0.769. The summed E-state index contributed by atoms with van der Waals surface area (Å²) in [4.78, 5) is 13.9. The van der Waals surface area contributed by atoms with Crippen molar-refractivity contribution < 1.29 is 13.2 Å². The number of nitrogens with zero attached hydrogens (tertiary/aromatic N) is 2. The zero-order valence-electron chi connectivity index (χ0n) is 15.7. The summed E-state index contributed by atoms with van der Waals surface area (Å²) in [6.45, 7) is 4.57. The summed E-state index contributed by atoms with van der Waals surface area (Å²) >= 11 is 0. The Hall–Kier alpha value is -2.09. The van der Waals surface area contributed by atoms with E-state index in [1.54, 1.807) is 23.4 Å². The second-order valence-electron chi connectivity index (χ2n) is 6.99. The van der Waals surface area contributed by atoms with Crippen LogP contribution >= 0.6 is 12.4 Å². The van der Waals surface area contributed by atoms with E-state index in [0.717, 1.165) is 29.9 Å². The predicted molar refractivity (Wildman–Crippen MR) is 113 cm³/mol. The van der Waals surface area contributed by atoms with E-state index in [4.69, 9.17) is 0 Å². The monoisotopic (exact) mass is 421 g/mol. The number of carbonyl (C=O) groups excluding carboxylic acids is 1. The van der Waals surface area contributed by atoms with Crippen LogP contribution in [0.25, 0.3) is 0 Å². The van der Waals surface area contributed by atoms with Crippen molar-refractivity contribution in [3.05, 3.63) is 53.6 Å². The molecular formula is C20H24ClN3O3S. The van der Waals surface area contributed by atoms with Gasteiger partial charge < -0.3 is 10.2 Å². The van der Waals surface area contributed by atoms with E-state index in [9.17, 15) is 13.2 Å². The van der Waals surface area contributed by atoms with Crippen molar-refractivity contribution in [2.24, 2.45) is 0 Å². The van der Waals surface area contributed by atoms with E-state index < -0.39 is 10.0 Å². The number of hydrogen-bond donors (Lipinski definition) is 1. The minimum atomic E-state index is -3.47. The van der Waals surface area contributed by atoms with Crippen molar-refractivity contribution in [1.82, 2.24) is 4.31 Å². The first kappa shape index (κ1) is 20.6. The van der Waals surface area contributed by atoms with Gasteiger partial charge in [-0.1, -0.05) is 0 Å². The van der Waals surface area contributed by atoms with Gasteiger partial charge in [0.1, 0.15) is 0 Å². The Morgan fingerprint density at radius 1 is 1.00 bits per heavy atom. The number of ketones is 1. The summed E-state index contributed by atoms with van der Waals surface area (Å²) in [7, 11) is -3.47. The molecule has 0 unspecified atom stereocenters. The third-order valence-corrected chi connectivity index (χ3v) is 7.20. The van der Waals surface area contributed by atoms with E-state index in [2.05, 4.69) is 10.2 Å². The maximum absolute atomic E-state index is 13.0. The highest BCUT2D eigenvalue weighted by atomic mass is 35.5. The maximum atomic E-state index is 13.0. The molecule has 1 saturated heterocycles. The average molecular weight is 422 g/mol. The van der Waals surface area contributed by atoms with Crippen molar-refractivity contribution in [2.45, 2.75) is 18.2 Å². The number of piperazine rings is 1. The third kappa shape index (κ3) is 3.87. The molecule has 0 saturated carbocycles. The molecule has 0 aliphatic carbocycles. The number of carbonyl (C=O) groups is 1. The number of hydrogen-bond acceptors (Lipinski definition) is 5. The molecule has 8 heteroatoms. The molecule has 2 aliphatic heterocycles. The highest BCUT2D eigenvalue weighted by Gasteiger charge is 2.29. The minimum Gasteiger partial charge on any atom is -0.384 e. The van der Waals surface area contributed by atoms with E-state index in [1.807, 2.05) is 30.3 Å². The number of benzene rings is 2. The van der Waals surface area contributed by atoms with E-state index in [1.165, 1.54) is 0 Å². The summed E-state index contributed by atoms with van der Waals surface area (Å²) < 4.78 is 27.6. The molecule has 0 atom stereocenters. The van der Waals surface area contributed by atoms with Crippen molar-refractivity contribution >= 4 is 39.6 Å². The predicted octanol–water partition coefficient (Wildman–Crippen LogP) is 2.79. The fourth-order valence-electron chi connectivity index (χ4n) is 3.68. The largest absolute Gasteiger partial charge is 0.384 e. The third-order valence-electron chi connectivity index (χ3n) is 5.30. The van der Waals surface area contributed by atoms with Gasteiger partial charge in [-0.3, -0.25) is 4.79 Å². The fourth-order valence-corrected chi connectivity index (χ4v) is 5.16. The molecule has 1 N–H and O–H groups in total. The van der Waals surface area contributed by atoms with Crippen LogP contribution in [-0.4, -0.2) is 51.2 Å². The van der Waals surface area contributed by atoms with Gasteiger partial charge in [0.25, 0.3) is 0 Å². The number of fused-ring (bicyclic) bond motifs is 1. The van der Waals surface area contributed by atoms with Crippen LogP contribution in [0.2, 0.25) is 0 Å². The lowest BCUT2D eigenvalue weighted by molar-refractivity contribution is 0.101. The van der Waals surface area contributed by atoms with Crippen molar-refractivity contribution in [3.8, 4) is 0 Å². The van der Waals surface area contributed by atoms with E-state index >= 15 is 0 Å². The highest BCUT2D eigenvalue weighted by molar-refractivity contribution is 7.89. The first-order valence-corrected chi connectivity index (χ1v) is 10.6. The average Bonchev–Trinajstić information content (AvgIpc) is 3.16. The van der Waals surface area contributed by atoms with Crippen LogP contribution in [0.3, 0.4) is 0 Å².